The molecule has 0 amide bonds. The quantitative estimate of drug-likeness (QED) is 0.595. The maximum Gasteiger partial charge on any atom is 0.271 e. The second kappa shape index (κ2) is 6.05. The van der Waals surface area contributed by atoms with Crippen LogP contribution < -0.4 is 0 Å². The van der Waals surface area contributed by atoms with Crippen molar-refractivity contribution in [3.63, 3.8) is 0 Å². The highest BCUT2D eigenvalue weighted by molar-refractivity contribution is 5.82. The van der Waals surface area contributed by atoms with E-state index in [-0.39, 0.29) is 16.8 Å². The summed E-state index contributed by atoms with van der Waals surface area (Å²) < 4.78 is 2.15. The molecule has 0 radical (unpaired) electrons. The number of rotatable bonds is 6. The smallest absolute Gasteiger partial charge is 0.271 e. The highest BCUT2D eigenvalue weighted by Gasteiger charge is 2.18. The molecule has 1 unspecified atom stereocenters. The van der Waals surface area contributed by atoms with Crippen molar-refractivity contribution >= 4 is 16.6 Å². The highest BCUT2D eigenvalue weighted by Crippen LogP contribution is 2.27. The van der Waals surface area contributed by atoms with Crippen molar-refractivity contribution in [3.8, 4) is 0 Å². The number of hydrogen-bond donors (Lipinski definition) is 0. The zero-order valence-corrected chi connectivity index (χ0v) is 12.2. The standard InChI is InChI=1S/C15H21N3O2/c1-4-15(16(5-2)6-3)17-10-9-12-7-8-13(18(19)20)11-14(12)17/h7-11,15H,4-6H2,1-3H3. The number of hydrogen-bond acceptors (Lipinski definition) is 3. The van der Waals surface area contributed by atoms with Crippen LogP contribution in [0.25, 0.3) is 10.9 Å². The Morgan fingerprint density at radius 3 is 2.50 bits per heavy atom. The van der Waals surface area contributed by atoms with Crippen LogP contribution in [0, 0.1) is 10.1 Å². The van der Waals surface area contributed by atoms with Crippen molar-refractivity contribution in [2.24, 2.45) is 0 Å². The summed E-state index contributed by atoms with van der Waals surface area (Å²) in [6.07, 6.45) is 3.24. The molecule has 0 N–H and O–H groups in total. The third kappa shape index (κ3) is 2.54. The summed E-state index contributed by atoms with van der Waals surface area (Å²) in [5.41, 5.74) is 1.07. The zero-order valence-electron chi connectivity index (χ0n) is 12.2. The van der Waals surface area contributed by atoms with Gasteiger partial charge < -0.3 is 4.57 Å². The maximum atomic E-state index is 10.9. The summed E-state index contributed by atoms with van der Waals surface area (Å²) >= 11 is 0. The Labute approximate surface area is 118 Å². The molecule has 1 aromatic heterocycles. The molecule has 0 aliphatic heterocycles. The van der Waals surface area contributed by atoms with Crippen LogP contribution in [-0.2, 0) is 0 Å². The van der Waals surface area contributed by atoms with E-state index in [1.54, 1.807) is 12.1 Å². The summed E-state index contributed by atoms with van der Waals surface area (Å²) in [6.45, 7) is 8.35. The molecule has 0 fully saturated rings. The lowest BCUT2D eigenvalue weighted by molar-refractivity contribution is -0.384. The molecule has 2 aromatic rings. The first kappa shape index (κ1) is 14.5. The number of aromatic nitrogens is 1. The van der Waals surface area contributed by atoms with E-state index < -0.39 is 0 Å². The van der Waals surface area contributed by atoms with Crippen molar-refractivity contribution in [1.82, 2.24) is 9.47 Å². The molecule has 108 valence electrons. The second-order valence-electron chi connectivity index (χ2n) is 4.83. The molecule has 0 aliphatic rings. The maximum absolute atomic E-state index is 10.9. The van der Waals surface area contributed by atoms with Gasteiger partial charge in [-0.3, -0.25) is 15.0 Å². The van der Waals surface area contributed by atoms with Gasteiger partial charge in [0, 0.05) is 23.7 Å². The van der Waals surface area contributed by atoms with Crippen LogP contribution in [0.4, 0.5) is 5.69 Å². The first-order chi connectivity index (χ1) is 9.62. The molecule has 5 nitrogen and oxygen atoms in total. The third-order valence-corrected chi connectivity index (χ3v) is 3.84. The Morgan fingerprint density at radius 2 is 1.95 bits per heavy atom. The van der Waals surface area contributed by atoms with Gasteiger partial charge in [-0.25, -0.2) is 0 Å². The van der Waals surface area contributed by atoms with Gasteiger partial charge in [0.05, 0.1) is 16.6 Å². The summed E-state index contributed by atoms with van der Waals surface area (Å²) in [5, 5.41) is 12.0. The molecule has 2 rings (SSSR count). The van der Waals surface area contributed by atoms with Crippen LogP contribution in [0.15, 0.2) is 30.5 Å². The van der Waals surface area contributed by atoms with E-state index in [0.717, 1.165) is 30.4 Å². The van der Waals surface area contributed by atoms with Crippen LogP contribution in [0.5, 0.6) is 0 Å². The topological polar surface area (TPSA) is 51.3 Å². The van der Waals surface area contributed by atoms with Crippen molar-refractivity contribution in [2.75, 3.05) is 13.1 Å². The lowest BCUT2D eigenvalue weighted by Crippen LogP contribution is -2.31. The fourth-order valence-electron chi connectivity index (χ4n) is 2.79. The van der Waals surface area contributed by atoms with E-state index in [4.69, 9.17) is 0 Å². The minimum atomic E-state index is -0.338. The number of benzene rings is 1. The van der Waals surface area contributed by atoms with E-state index in [1.165, 1.54) is 0 Å². The molecule has 1 aromatic carbocycles. The van der Waals surface area contributed by atoms with Gasteiger partial charge in [-0.05, 0) is 31.6 Å². The normalized spacial score (nSPS) is 13.0. The number of fused-ring (bicyclic) bond motifs is 1. The molecule has 1 heterocycles. The van der Waals surface area contributed by atoms with Gasteiger partial charge in [0.15, 0.2) is 0 Å². The fraction of sp³-hybridized carbons (Fsp3) is 0.467. The molecule has 1 atom stereocenters. The molecular formula is C15H21N3O2. The molecule has 0 spiro atoms. The van der Waals surface area contributed by atoms with Crippen molar-refractivity contribution in [3.05, 3.63) is 40.6 Å². The Balaban J connectivity index is 2.52. The first-order valence-electron chi connectivity index (χ1n) is 7.11. The Morgan fingerprint density at radius 1 is 1.25 bits per heavy atom. The van der Waals surface area contributed by atoms with Crippen LogP contribution in [0.1, 0.15) is 33.4 Å². The summed E-state index contributed by atoms with van der Waals surface area (Å²) in [7, 11) is 0. The molecule has 0 aliphatic carbocycles. The Kier molecular flexibility index (Phi) is 4.39. The number of nitro groups is 1. The largest absolute Gasteiger partial charge is 0.331 e. The molecule has 20 heavy (non-hydrogen) atoms. The fourth-order valence-corrected chi connectivity index (χ4v) is 2.79. The average Bonchev–Trinajstić information content (AvgIpc) is 2.87. The third-order valence-electron chi connectivity index (χ3n) is 3.84. The molecular weight excluding hydrogens is 254 g/mol. The number of non-ortho nitro benzene ring substituents is 1. The zero-order chi connectivity index (χ0) is 14.7. The van der Waals surface area contributed by atoms with Crippen LogP contribution in [0.2, 0.25) is 0 Å². The van der Waals surface area contributed by atoms with E-state index in [1.807, 2.05) is 18.3 Å². The van der Waals surface area contributed by atoms with E-state index >= 15 is 0 Å². The lowest BCUT2D eigenvalue weighted by atomic mass is 10.2. The number of nitro benzene ring substituents is 1. The summed E-state index contributed by atoms with van der Waals surface area (Å²) in [5.74, 6) is 0. The summed E-state index contributed by atoms with van der Waals surface area (Å²) in [6, 6.07) is 7.07. The second-order valence-corrected chi connectivity index (χ2v) is 4.83. The van der Waals surface area contributed by atoms with Crippen LogP contribution in [0.3, 0.4) is 0 Å². The predicted octanol–water partition coefficient (Wildman–Crippen LogP) is 3.80. The highest BCUT2D eigenvalue weighted by atomic mass is 16.6. The minimum absolute atomic E-state index is 0.145. The Bertz CT molecular complexity index is 602. The van der Waals surface area contributed by atoms with Crippen molar-refractivity contribution in [2.45, 2.75) is 33.4 Å². The monoisotopic (exact) mass is 275 g/mol. The van der Waals surface area contributed by atoms with E-state index in [0.29, 0.717) is 0 Å². The lowest BCUT2D eigenvalue weighted by Gasteiger charge is -2.30. The average molecular weight is 275 g/mol. The van der Waals surface area contributed by atoms with Gasteiger partial charge in [-0.15, -0.1) is 0 Å². The molecule has 0 saturated heterocycles. The van der Waals surface area contributed by atoms with E-state index in [2.05, 4.69) is 30.2 Å². The minimum Gasteiger partial charge on any atom is -0.331 e. The SMILES string of the molecule is CCC(N(CC)CC)n1ccc2ccc([N+](=O)[O-])cc21. The first-order valence-corrected chi connectivity index (χ1v) is 7.11. The summed E-state index contributed by atoms with van der Waals surface area (Å²) in [4.78, 5) is 13.0. The number of nitrogens with zero attached hydrogens (tertiary/aromatic N) is 3. The van der Waals surface area contributed by atoms with Gasteiger partial charge in [-0.1, -0.05) is 20.8 Å². The van der Waals surface area contributed by atoms with Gasteiger partial charge in [0.25, 0.3) is 5.69 Å². The van der Waals surface area contributed by atoms with Gasteiger partial charge >= 0.3 is 0 Å². The molecule has 5 heteroatoms. The van der Waals surface area contributed by atoms with Crippen LogP contribution >= 0.6 is 0 Å². The van der Waals surface area contributed by atoms with Crippen molar-refractivity contribution in [1.29, 1.82) is 0 Å². The Hall–Kier alpha value is -1.88. The molecule has 0 saturated carbocycles. The van der Waals surface area contributed by atoms with Gasteiger partial charge in [0.2, 0.25) is 0 Å². The predicted molar refractivity (Wildman–Crippen MR) is 80.8 cm³/mol. The van der Waals surface area contributed by atoms with Crippen molar-refractivity contribution < 1.29 is 4.92 Å². The van der Waals surface area contributed by atoms with Gasteiger partial charge in [0.1, 0.15) is 0 Å². The van der Waals surface area contributed by atoms with E-state index in [9.17, 15) is 10.1 Å². The van der Waals surface area contributed by atoms with Gasteiger partial charge in [-0.2, -0.15) is 0 Å². The molecule has 0 bridgehead atoms. The van der Waals surface area contributed by atoms with Crippen LogP contribution in [-0.4, -0.2) is 27.5 Å².